The number of hydrogen-bond acceptors (Lipinski definition) is 12. The van der Waals surface area contributed by atoms with Crippen LogP contribution < -0.4 is 15.5 Å². The summed E-state index contributed by atoms with van der Waals surface area (Å²) in [7, 11) is 3.77. The van der Waals surface area contributed by atoms with Crippen molar-refractivity contribution >= 4 is 59.2 Å². The number of anilines is 1. The van der Waals surface area contributed by atoms with Gasteiger partial charge in [-0.25, -0.2) is 0 Å². The van der Waals surface area contributed by atoms with Crippen LogP contribution in [-0.4, -0.2) is 109 Å². The second-order valence-corrected chi connectivity index (χ2v) is 23.0. The van der Waals surface area contributed by atoms with Crippen LogP contribution in [0.15, 0.2) is 146 Å². The highest BCUT2D eigenvalue weighted by molar-refractivity contribution is 6.06. The Balaban J connectivity index is 1.34. The number of carboxylic acids is 2. The first kappa shape index (κ1) is 65.1. The molecule has 7 rings (SSSR count). The van der Waals surface area contributed by atoms with Crippen molar-refractivity contribution in [2.75, 3.05) is 45.2 Å². The molecule has 0 aromatic heterocycles. The monoisotopic (exact) mass is 1170 g/mol. The van der Waals surface area contributed by atoms with Crippen molar-refractivity contribution in [2.45, 2.75) is 103 Å². The number of carbonyl (C=O) groups excluding carboxylic acids is 7. The third-order valence-electron chi connectivity index (χ3n) is 17.5. The number of carboxylic acid groups (broad SMARTS) is 2. The lowest BCUT2D eigenvalue weighted by atomic mass is 9.64. The minimum atomic E-state index is -1.57. The molecular weight excluding hydrogens is 1090 g/mol. The van der Waals surface area contributed by atoms with Crippen molar-refractivity contribution in [2.24, 2.45) is 47.3 Å². The van der Waals surface area contributed by atoms with E-state index in [4.69, 9.17) is 9.47 Å². The first-order valence-corrected chi connectivity index (χ1v) is 30.2. The molecule has 2 fully saturated rings. The quantitative estimate of drug-likeness (QED) is 0.0136. The first-order valence-electron chi connectivity index (χ1n) is 30.2. The van der Waals surface area contributed by atoms with E-state index in [-0.39, 0.29) is 45.5 Å². The van der Waals surface area contributed by atoms with E-state index in [1.807, 2.05) is 58.0 Å². The van der Waals surface area contributed by atoms with Crippen molar-refractivity contribution in [3.63, 3.8) is 0 Å². The van der Waals surface area contributed by atoms with Crippen molar-refractivity contribution in [1.29, 1.82) is 0 Å². The summed E-state index contributed by atoms with van der Waals surface area (Å²) >= 11 is 0. The Morgan fingerprint density at radius 2 is 1.09 bits per heavy atom. The Morgan fingerprint density at radius 3 is 1.57 bits per heavy atom. The minimum absolute atomic E-state index is 0.0334. The van der Waals surface area contributed by atoms with Crippen LogP contribution in [0.2, 0.25) is 0 Å². The van der Waals surface area contributed by atoms with Crippen molar-refractivity contribution in [3.8, 4) is 0 Å². The Bertz CT molecular complexity index is 3110. The van der Waals surface area contributed by atoms with Gasteiger partial charge in [0.1, 0.15) is 6.61 Å². The smallest absolute Gasteiger partial charge is 0.318 e. The van der Waals surface area contributed by atoms with E-state index >= 15 is 14.4 Å². The molecule has 4 N–H and O–H groups in total. The van der Waals surface area contributed by atoms with Crippen LogP contribution in [0.25, 0.3) is 0 Å². The molecule has 17 heteroatoms. The van der Waals surface area contributed by atoms with Gasteiger partial charge in [0.15, 0.2) is 0 Å². The van der Waals surface area contributed by atoms with Gasteiger partial charge >= 0.3 is 29.8 Å². The molecule has 0 saturated carbocycles. The Labute approximate surface area is 504 Å². The third kappa shape index (κ3) is 15.7. The lowest BCUT2D eigenvalue weighted by Crippen LogP contribution is -2.44. The highest BCUT2D eigenvalue weighted by Crippen LogP contribution is 2.51. The van der Waals surface area contributed by atoms with Gasteiger partial charge in [0.25, 0.3) is 5.91 Å². The summed E-state index contributed by atoms with van der Waals surface area (Å²) in [5, 5.41) is 29.0. The predicted octanol–water partition coefficient (Wildman–Crippen LogP) is 10.0. The number of rotatable bonds is 32. The predicted molar refractivity (Wildman–Crippen MR) is 324 cm³/mol. The standard InChI is InChI=1S/C69H82N4O13/c1-7-10-36-70-62(75)58(55(65(78)79)41-51(45-26-18-13-19-27-45)57-43(4)67(82)86-69(57)84)52(46-28-20-14-21-29-46)40-54-59(64(77)73(63(54)76)38-11-8-2)53(47-30-22-15-23-31-47)42-56(66(80)81)60(50(9-3)44-24-16-12-17-25-44)68(83)85-39-37-71-61(74)48-32-34-49(35-33-48)72(5)6/h12-35,43,50-60H,7-11,36-42H2,1-6H3,(H,70,75)(H,71,74)(H,78,79)(H,80,81). The van der Waals surface area contributed by atoms with Crippen molar-refractivity contribution < 1.29 is 62.8 Å². The largest absolute Gasteiger partial charge is 0.481 e. The number of carbonyl (C=O) groups is 9. The van der Waals surface area contributed by atoms with Crippen LogP contribution in [0.5, 0.6) is 0 Å². The lowest BCUT2D eigenvalue weighted by molar-refractivity contribution is -0.159. The molecule has 5 aromatic carbocycles. The van der Waals surface area contributed by atoms with Crippen LogP contribution >= 0.6 is 0 Å². The number of benzene rings is 5. The van der Waals surface area contributed by atoms with E-state index in [0.717, 1.165) is 5.69 Å². The fourth-order valence-electron chi connectivity index (χ4n) is 13.0. The van der Waals surface area contributed by atoms with Crippen LogP contribution in [0.3, 0.4) is 0 Å². The molecule has 4 amide bonds. The fourth-order valence-corrected chi connectivity index (χ4v) is 13.0. The van der Waals surface area contributed by atoms with E-state index in [1.54, 1.807) is 134 Å². The van der Waals surface area contributed by atoms with E-state index < -0.39 is 124 Å². The van der Waals surface area contributed by atoms with Gasteiger partial charge in [0.2, 0.25) is 17.7 Å². The molecule has 456 valence electrons. The number of likely N-dealkylation sites (tertiary alicyclic amines) is 1. The molecule has 0 spiro atoms. The number of cyclic esters (lactones) is 2. The molecule has 0 bridgehead atoms. The summed E-state index contributed by atoms with van der Waals surface area (Å²) in [5.74, 6) is -21.6. The maximum atomic E-state index is 15.7. The normalized spacial score (nSPS) is 19.5. The maximum Gasteiger partial charge on any atom is 0.318 e. The lowest BCUT2D eigenvalue weighted by Gasteiger charge is -2.37. The molecular formula is C69H82N4O13. The number of nitrogens with one attached hydrogen (secondary N) is 2. The third-order valence-corrected chi connectivity index (χ3v) is 17.5. The minimum Gasteiger partial charge on any atom is -0.481 e. The van der Waals surface area contributed by atoms with Gasteiger partial charge in [0.05, 0.1) is 53.9 Å². The first-order chi connectivity index (χ1) is 41.4. The number of ether oxygens (including phenoxy) is 2. The van der Waals surface area contributed by atoms with E-state index in [9.17, 15) is 39.0 Å². The van der Waals surface area contributed by atoms with Crippen molar-refractivity contribution in [1.82, 2.24) is 15.5 Å². The average molecular weight is 1180 g/mol. The number of amides is 4. The molecule has 2 aliphatic heterocycles. The topological polar surface area (TPSA) is 243 Å². The van der Waals surface area contributed by atoms with Gasteiger partial charge in [-0.3, -0.25) is 48.1 Å². The van der Waals surface area contributed by atoms with Gasteiger partial charge in [-0.2, -0.15) is 0 Å². The molecule has 0 radical (unpaired) electrons. The average Bonchev–Trinajstić information content (AvgIpc) is 3.95. The zero-order valence-electron chi connectivity index (χ0n) is 50.0. The maximum absolute atomic E-state index is 15.7. The molecule has 2 aliphatic rings. The van der Waals surface area contributed by atoms with Gasteiger partial charge in [-0.05, 0) is 109 Å². The zero-order chi connectivity index (χ0) is 62.0. The highest BCUT2D eigenvalue weighted by atomic mass is 16.6. The summed E-state index contributed by atoms with van der Waals surface area (Å²) in [6.07, 6.45) is 1.69. The summed E-state index contributed by atoms with van der Waals surface area (Å²) in [4.78, 5) is 133. The molecule has 0 aliphatic carbocycles. The van der Waals surface area contributed by atoms with Crippen LogP contribution in [0, 0.1) is 47.3 Å². The molecule has 5 aromatic rings. The molecule has 12 atom stereocenters. The molecule has 86 heavy (non-hydrogen) atoms. The van der Waals surface area contributed by atoms with Gasteiger partial charge < -0.3 is 35.2 Å². The SMILES string of the molecule is CCCCNC(=O)C(C(CC(c1ccccc1)C1C(=O)OC(=O)C1C)C(=O)O)C(CC1C(=O)N(CCCC)C(=O)C1C(CC(C(=O)O)C(C(=O)OCCNC(=O)c1ccc(N(C)C)cc1)C(CC)c1ccccc1)c1ccccc1)c1ccccc1. The number of nitrogens with zero attached hydrogens (tertiary/aromatic N) is 2. The van der Waals surface area contributed by atoms with E-state index in [2.05, 4.69) is 10.6 Å². The summed E-state index contributed by atoms with van der Waals surface area (Å²) < 4.78 is 11.1. The number of aliphatic carboxylic acids is 2. The van der Waals surface area contributed by atoms with E-state index in [1.165, 1.54) is 4.90 Å². The van der Waals surface area contributed by atoms with Crippen LogP contribution in [0.1, 0.15) is 135 Å². The molecule has 2 saturated heterocycles. The molecule has 12 unspecified atom stereocenters. The summed E-state index contributed by atoms with van der Waals surface area (Å²) in [6.45, 7) is 7.11. The van der Waals surface area contributed by atoms with Crippen LogP contribution in [0.4, 0.5) is 5.69 Å². The molecule has 2 heterocycles. The Morgan fingerprint density at radius 1 is 0.593 bits per heavy atom. The summed E-state index contributed by atoms with van der Waals surface area (Å²) in [5.41, 5.74) is 3.52. The number of hydrogen-bond donors (Lipinski definition) is 4. The fraction of sp³-hybridized carbons (Fsp3) is 0.435. The zero-order valence-corrected chi connectivity index (χ0v) is 50.0. The summed E-state index contributed by atoms with van der Waals surface area (Å²) in [6, 6.07) is 42.2. The highest BCUT2D eigenvalue weighted by Gasteiger charge is 2.56. The Hall–Kier alpha value is -8.47. The van der Waals surface area contributed by atoms with Gasteiger partial charge in [-0.1, -0.05) is 162 Å². The van der Waals surface area contributed by atoms with Crippen LogP contribution in [-0.2, 0) is 47.8 Å². The number of imide groups is 1. The molecule has 17 nitrogen and oxygen atoms in total. The van der Waals surface area contributed by atoms with Crippen molar-refractivity contribution in [3.05, 3.63) is 173 Å². The Kier molecular flexibility index (Phi) is 23.5. The van der Waals surface area contributed by atoms with Gasteiger partial charge in [0, 0.05) is 38.4 Å². The van der Waals surface area contributed by atoms with Gasteiger partial charge in [-0.15, -0.1) is 0 Å². The second-order valence-electron chi connectivity index (χ2n) is 23.0. The second kappa shape index (κ2) is 31.1. The number of unbranched alkanes of at least 4 members (excludes halogenated alkanes) is 2. The number of esters is 3. The van der Waals surface area contributed by atoms with E-state index in [0.29, 0.717) is 59.9 Å².